The van der Waals surface area contributed by atoms with Crippen LogP contribution in [0.5, 0.6) is 0 Å². The Morgan fingerprint density at radius 2 is 1.31 bits per heavy atom. The van der Waals surface area contributed by atoms with E-state index in [9.17, 15) is 0 Å². The Balaban J connectivity index is 1.43. The van der Waals surface area contributed by atoms with Crippen molar-refractivity contribution in [1.82, 2.24) is 9.78 Å². The molecular weight excluding hydrogens is 440 g/mol. The van der Waals surface area contributed by atoms with Gasteiger partial charge in [-0.1, -0.05) is 91.0 Å². The van der Waals surface area contributed by atoms with Gasteiger partial charge in [-0.15, -0.1) is 0 Å². The van der Waals surface area contributed by atoms with Gasteiger partial charge in [-0.05, 0) is 42.7 Å². The third-order valence-electron chi connectivity index (χ3n) is 7.38. The molecule has 2 aliphatic rings. The van der Waals surface area contributed by atoms with Gasteiger partial charge >= 0.3 is 0 Å². The van der Waals surface area contributed by atoms with Crippen LogP contribution < -0.4 is 5.01 Å². The second-order valence-corrected chi connectivity index (χ2v) is 9.49. The Kier molecular flexibility index (Phi) is 5.02. The molecule has 0 saturated heterocycles. The van der Waals surface area contributed by atoms with E-state index in [2.05, 4.69) is 120 Å². The zero-order valence-corrected chi connectivity index (χ0v) is 19.9. The first kappa shape index (κ1) is 20.9. The number of aryl methyl sites for hydroxylation is 1. The molecule has 4 aromatic carbocycles. The Labute approximate surface area is 211 Å². The van der Waals surface area contributed by atoms with Crippen LogP contribution in [0.2, 0.25) is 0 Å². The lowest BCUT2D eigenvalue weighted by atomic mass is 9.77. The van der Waals surface area contributed by atoms with Gasteiger partial charge in [0.05, 0.1) is 28.8 Å². The fourth-order valence-electron chi connectivity index (χ4n) is 5.70. The summed E-state index contributed by atoms with van der Waals surface area (Å²) < 4.78 is 2.02. The molecule has 1 aliphatic carbocycles. The summed E-state index contributed by atoms with van der Waals surface area (Å²) in [7, 11) is 0. The zero-order chi connectivity index (χ0) is 23.9. The lowest BCUT2D eigenvalue weighted by Crippen LogP contribution is -2.29. The molecule has 174 valence electrons. The van der Waals surface area contributed by atoms with Crippen LogP contribution in [0.4, 0.5) is 5.69 Å². The lowest BCUT2D eigenvalue weighted by Gasteiger charge is -2.30. The van der Waals surface area contributed by atoms with Crippen molar-refractivity contribution in [3.8, 4) is 16.9 Å². The van der Waals surface area contributed by atoms with E-state index in [1.54, 1.807) is 0 Å². The number of hydrazone groups is 1. The predicted molar refractivity (Wildman–Crippen MR) is 145 cm³/mol. The second kappa shape index (κ2) is 8.65. The molecular formula is C32H26N4. The standard InChI is InChI=1S/C32H26N4/c1-4-13-24(14-5-1)30-29(22-35(33-30)25-15-6-2-7-16-25)32-28-21-20-23-12-10-11-19-27(23)31(28)34-36(32)26-17-8-3-9-18-26/h1-19,22,28,32H,20-21H2/t28-,32-/m0/s1. The maximum atomic E-state index is 5.31. The molecule has 0 bridgehead atoms. The summed E-state index contributed by atoms with van der Waals surface area (Å²) in [6.07, 6.45) is 4.35. The largest absolute Gasteiger partial charge is 0.257 e. The Hall–Kier alpha value is -4.44. The van der Waals surface area contributed by atoms with Crippen molar-refractivity contribution in [3.05, 3.63) is 138 Å². The van der Waals surface area contributed by atoms with Gasteiger partial charge in [-0.3, -0.25) is 5.01 Å². The normalized spacial score (nSPS) is 18.4. The smallest absolute Gasteiger partial charge is 0.0981 e. The fraction of sp³-hybridized carbons (Fsp3) is 0.125. The molecule has 7 rings (SSSR count). The first-order valence-corrected chi connectivity index (χ1v) is 12.6. The van der Waals surface area contributed by atoms with Crippen molar-refractivity contribution in [2.24, 2.45) is 11.0 Å². The van der Waals surface area contributed by atoms with Crippen LogP contribution in [0.1, 0.15) is 29.2 Å². The number of hydrogen-bond acceptors (Lipinski definition) is 3. The number of rotatable bonds is 4. The van der Waals surface area contributed by atoms with E-state index in [-0.39, 0.29) is 12.0 Å². The summed E-state index contributed by atoms with van der Waals surface area (Å²) in [5.41, 5.74) is 9.38. The Morgan fingerprint density at radius 3 is 2.06 bits per heavy atom. The molecule has 5 aromatic rings. The molecule has 0 saturated carbocycles. The molecule has 1 aromatic heterocycles. The highest BCUT2D eigenvalue weighted by Crippen LogP contribution is 2.47. The average Bonchev–Trinajstić information content (AvgIpc) is 3.57. The number of benzene rings is 4. The van der Waals surface area contributed by atoms with Gasteiger partial charge in [0.2, 0.25) is 0 Å². The van der Waals surface area contributed by atoms with E-state index in [1.165, 1.54) is 22.4 Å². The van der Waals surface area contributed by atoms with E-state index in [4.69, 9.17) is 10.2 Å². The Morgan fingerprint density at radius 1 is 0.667 bits per heavy atom. The van der Waals surface area contributed by atoms with Crippen molar-refractivity contribution >= 4 is 11.4 Å². The second-order valence-electron chi connectivity index (χ2n) is 9.49. The molecule has 4 heteroatoms. The maximum absolute atomic E-state index is 5.31. The minimum Gasteiger partial charge on any atom is -0.257 e. The van der Waals surface area contributed by atoms with Gasteiger partial charge < -0.3 is 0 Å². The number of anilines is 1. The van der Waals surface area contributed by atoms with Crippen molar-refractivity contribution in [2.45, 2.75) is 18.9 Å². The molecule has 4 nitrogen and oxygen atoms in total. The topological polar surface area (TPSA) is 33.4 Å². The predicted octanol–water partition coefficient (Wildman–Crippen LogP) is 7.07. The monoisotopic (exact) mass is 466 g/mol. The molecule has 0 spiro atoms. The van der Waals surface area contributed by atoms with Gasteiger partial charge in [-0.2, -0.15) is 10.2 Å². The highest BCUT2D eigenvalue weighted by atomic mass is 15.5. The van der Waals surface area contributed by atoms with Gasteiger partial charge in [0.1, 0.15) is 0 Å². The highest BCUT2D eigenvalue weighted by molar-refractivity contribution is 6.07. The third-order valence-corrected chi connectivity index (χ3v) is 7.38. The van der Waals surface area contributed by atoms with Crippen molar-refractivity contribution in [3.63, 3.8) is 0 Å². The van der Waals surface area contributed by atoms with Crippen LogP contribution in [-0.4, -0.2) is 15.5 Å². The van der Waals surface area contributed by atoms with E-state index in [0.29, 0.717) is 0 Å². The van der Waals surface area contributed by atoms with E-state index in [1.807, 2.05) is 10.7 Å². The zero-order valence-electron chi connectivity index (χ0n) is 19.9. The number of fused-ring (bicyclic) bond motifs is 3. The number of para-hydroxylation sites is 2. The van der Waals surface area contributed by atoms with E-state index in [0.717, 1.165) is 35.5 Å². The molecule has 0 fully saturated rings. The SMILES string of the molecule is c1ccc(-c2nn(-c3ccccc3)cc2[C@@H]2[C@H]3CCc4ccccc4C3=NN2c2ccccc2)cc1. The van der Waals surface area contributed by atoms with Gasteiger partial charge in [0.15, 0.2) is 0 Å². The maximum Gasteiger partial charge on any atom is 0.0981 e. The lowest BCUT2D eigenvalue weighted by molar-refractivity contribution is 0.510. The summed E-state index contributed by atoms with van der Waals surface area (Å²) in [4.78, 5) is 0. The van der Waals surface area contributed by atoms with Crippen molar-refractivity contribution < 1.29 is 0 Å². The minimum atomic E-state index is 0.0587. The molecule has 36 heavy (non-hydrogen) atoms. The van der Waals surface area contributed by atoms with Crippen LogP contribution in [0.15, 0.2) is 127 Å². The molecule has 1 aliphatic heterocycles. The first-order chi connectivity index (χ1) is 17.9. The Bertz CT molecular complexity index is 1540. The summed E-state index contributed by atoms with van der Waals surface area (Å²) in [5, 5.41) is 12.7. The number of aromatic nitrogens is 2. The quantitative estimate of drug-likeness (QED) is 0.284. The highest BCUT2D eigenvalue weighted by Gasteiger charge is 2.43. The summed E-state index contributed by atoms with van der Waals surface area (Å²) in [5.74, 6) is 0.288. The summed E-state index contributed by atoms with van der Waals surface area (Å²) in [6.45, 7) is 0. The van der Waals surface area contributed by atoms with Gasteiger partial charge in [0, 0.05) is 28.8 Å². The van der Waals surface area contributed by atoms with Crippen LogP contribution in [0.25, 0.3) is 16.9 Å². The van der Waals surface area contributed by atoms with Gasteiger partial charge in [-0.25, -0.2) is 4.68 Å². The molecule has 0 unspecified atom stereocenters. The van der Waals surface area contributed by atoms with Crippen molar-refractivity contribution in [1.29, 1.82) is 0 Å². The number of nitrogens with zero attached hydrogens (tertiary/aromatic N) is 4. The average molecular weight is 467 g/mol. The first-order valence-electron chi connectivity index (χ1n) is 12.6. The van der Waals surface area contributed by atoms with Crippen molar-refractivity contribution in [2.75, 3.05) is 5.01 Å². The van der Waals surface area contributed by atoms with Crippen LogP contribution >= 0.6 is 0 Å². The van der Waals surface area contributed by atoms with Gasteiger partial charge in [0.25, 0.3) is 0 Å². The summed E-state index contributed by atoms with van der Waals surface area (Å²) in [6, 6.07) is 40.3. The summed E-state index contributed by atoms with van der Waals surface area (Å²) >= 11 is 0. The molecule has 2 atom stereocenters. The third kappa shape index (κ3) is 3.45. The van der Waals surface area contributed by atoms with E-state index >= 15 is 0 Å². The molecule has 0 amide bonds. The van der Waals surface area contributed by atoms with Crippen LogP contribution in [0, 0.1) is 5.92 Å². The van der Waals surface area contributed by atoms with Crippen LogP contribution in [0.3, 0.4) is 0 Å². The number of hydrogen-bond donors (Lipinski definition) is 0. The molecule has 0 radical (unpaired) electrons. The van der Waals surface area contributed by atoms with Crippen LogP contribution in [-0.2, 0) is 6.42 Å². The molecule has 0 N–H and O–H groups in total. The molecule has 2 heterocycles. The fourth-order valence-corrected chi connectivity index (χ4v) is 5.70. The minimum absolute atomic E-state index is 0.0587. The van der Waals surface area contributed by atoms with E-state index < -0.39 is 0 Å².